The molecule has 0 aliphatic heterocycles. The van der Waals surface area contributed by atoms with Crippen molar-refractivity contribution < 1.29 is 0 Å². The molecule has 0 aromatic carbocycles. The van der Waals surface area contributed by atoms with Crippen LogP contribution in [0, 0.1) is 0 Å². The van der Waals surface area contributed by atoms with E-state index in [2.05, 4.69) is 54.3 Å². The lowest BCUT2D eigenvalue weighted by Crippen LogP contribution is -2.31. The fraction of sp³-hybridized carbons (Fsp3) is 1.00. The predicted octanol–water partition coefficient (Wildman–Crippen LogP) is 4.25. The van der Waals surface area contributed by atoms with Crippen LogP contribution in [-0.4, -0.2) is 24.1 Å². The van der Waals surface area contributed by atoms with Gasteiger partial charge in [-0.3, -0.25) is 0 Å². The summed E-state index contributed by atoms with van der Waals surface area (Å²) in [6, 6.07) is 4.22. The summed E-state index contributed by atoms with van der Waals surface area (Å²) in [5, 5.41) is 3.53. The zero-order chi connectivity index (χ0) is 8.74. The van der Waals surface area contributed by atoms with Crippen LogP contribution in [-0.2, 0) is 0 Å². The van der Waals surface area contributed by atoms with Crippen LogP contribution in [0.25, 0.3) is 0 Å². The molecule has 4 heteroatoms. The molecule has 0 nitrogen and oxygen atoms in total. The van der Waals surface area contributed by atoms with Gasteiger partial charge in [0.15, 0.2) is 0 Å². The Hall–Kier alpha value is 1.66. The Balaban J connectivity index is 3.79. The van der Waals surface area contributed by atoms with Gasteiger partial charge in [0.2, 0.25) is 0 Å². The second kappa shape index (κ2) is 7.10. The Morgan fingerprint density at radius 3 is 1.27 bits per heavy atom. The average molecular weight is 367 g/mol. The molecule has 0 saturated heterocycles. The minimum atomic E-state index is -0.890. The summed E-state index contributed by atoms with van der Waals surface area (Å²) in [7, 11) is -0.890. The fourth-order valence-electron chi connectivity index (χ4n) is 1.06. The van der Waals surface area contributed by atoms with Gasteiger partial charge in [0, 0.05) is 16.0 Å². The lowest BCUT2D eigenvalue weighted by Gasteiger charge is -2.24. The lowest BCUT2D eigenvalue weighted by atomic mass is 10.9. The van der Waals surface area contributed by atoms with Crippen LogP contribution in [0.15, 0.2) is 0 Å². The molecule has 68 valence electrons. The number of hydrogen-bond donors (Lipinski definition) is 0. The van der Waals surface area contributed by atoms with E-state index in [9.17, 15) is 0 Å². The molecule has 0 saturated carbocycles. The van der Waals surface area contributed by atoms with E-state index in [1.165, 1.54) is 34.1 Å². The molecular weight excluding hydrogens is 352 g/mol. The Morgan fingerprint density at radius 2 is 1.09 bits per heavy atom. The van der Waals surface area contributed by atoms with E-state index >= 15 is 0 Å². The quantitative estimate of drug-likeness (QED) is 0.487. The first-order chi connectivity index (χ1) is 5.18. The van der Waals surface area contributed by atoms with E-state index in [-0.39, 0.29) is 0 Å². The highest BCUT2D eigenvalue weighted by molar-refractivity contribution is 9.09. The Bertz CT molecular complexity index is 80.7. The lowest BCUT2D eigenvalue weighted by molar-refractivity contribution is 1.21. The van der Waals surface area contributed by atoms with Gasteiger partial charge in [-0.1, -0.05) is 54.3 Å². The third kappa shape index (κ3) is 5.83. The predicted molar refractivity (Wildman–Crippen MR) is 67.4 cm³/mol. The van der Waals surface area contributed by atoms with Gasteiger partial charge >= 0.3 is 0 Å². The van der Waals surface area contributed by atoms with E-state index in [1.54, 1.807) is 0 Å². The molecular formula is C7H15Br3Si. The minimum absolute atomic E-state index is 0.890. The van der Waals surface area contributed by atoms with Crippen molar-refractivity contribution >= 4 is 55.9 Å². The number of hydrogen-bond acceptors (Lipinski definition) is 0. The largest absolute Gasteiger partial charge is 0.0931 e. The normalized spacial score (nSPS) is 12.0. The SMILES string of the molecule is C[Si](CCBr)(CCBr)CCBr. The van der Waals surface area contributed by atoms with Crippen molar-refractivity contribution in [2.75, 3.05) is 16.0 Å². The first kappa shape index (κ1) is 12.7. The van der Waals surface area contributed by atoms with Crippen molar-refractivity contribution in [3.05, 3.63) is 0 Å². The monoisotopic (exact) mass is 364 g/mol. The highest BCUT2D eigenvalue weighted by atomic mass is 79.9. The maximum absolute atomic E-state index is 3.53. The number of alkyl halides is 3. The molecule has 0 aliphatic rings. The van der Waals surface area contributed by atoms with Crippen molar-refractivity contribution in [3.63, 3.8) is 0 Å². The summed E-state index contributed by atoms with van der Waals surface area (Å²) in [4.78, 5) is 0. The Morgan fingerprint density at radius 1 is 0.818 bits per heavy atom. The minimum Gasteiger partial charge on any atom is -0.0931 e. The van der Waals surface area contributed by atoms with E-state index in [4.69, 9.17) is 0 Å². The zero-order valence-electron chi connectivity index (χ0n) is 6.88. The maximum Gasteiger partial charge on any atom is 0.0529 e. The summed E-state index contributed by atoms with van der Waals surface area (Å²) < 4.78 is 0. The topological polar surface area (TPSA) is 0 Å². The summed E-state index contributed by atoms with van der Waals surface area (Å²) in [6.45, 7) is 2.50. The molecule has 0 rings (SSSR count). The first-order valence-electron chi connectivity index (χ1n) is 3.86. The van der Waals surface area contributed by atoms with Gasteiger partial charge in [0.05, 0.1) is 8.07 Å². The van der Waals surface area contributed by atoms with Gasteiger partial charge in [0.25, 0.3) is 0 Å². The molecule has 11 heavy (non-hydrogen) atoms. The van der Waals surface area contributed by atoms with Crippen LogP contribution in [0.5, 0.6) is 0 Å². The van der Waals surface area contributed by atoms with Gasteiger partial charge in [-0.15, -0.1) is 0 Å². The van der Waals surface area contributed by atoms with Crippen LogP contribution in [0.1, 0.15) is 0 Å². The van der Waals surface area contributed by atoms with Crippen molar-refractivity contribution in [2.24, 2.45) is 0 Å². The Labute approximate surface area is 95.9 Å². The maximum atomic E-state index is 3.53. The smallest absolute Gasteiger partial charge is 0.0529 e. The van der Waals surface area contributed by atoms with Gasteiger partial charge < -0.3 is 0 Å². The van der Waals surface area contributed by atoms with Crippen molar-refractivity contribution in [2.45, 2.75) is 24.7 Å². The molecule has 0 amide bonds. The Kier molecular flexibility index (Phi) is 8.17. The van der Waals surface area contributed by atoms with Crippen LogP contribution in [0.2, 0.25) is 24.7 Å². The third-order valence-electron chi connectivity index (χ3n) is 2.09. The van der Waals surface area contributed by atoms with E-state index in [0.29, 0.717) is 0 Å². The molecule has 0 aromatic rings. The van der Waals surface area contributed by atoms with E-state index in [1.807, 2.05) is 0 Å². The van der Waals surface area contributed by atoms with E-state index < -0.39 is 8.07 Å². The van der Waals surface area contributed by atoms with Crippen LogP contribution in [0.4, 0.5) is 0 Å². The molecule has 0 N–H and O–H groups in total. The second-order valence-corrected chi connectivity index (χ2v) is 10.6. The standard InChI is InChI=1S/C7H15Br3Si/c1-11(5-2-8,6-3-9)7-4-10/h2-7H2,1H3. The summed E-state index contributed by atoms with van der Waals surface area (Å²) >= 11 is 10.6. The van der Waals surface area contributed by atoms with Crippen LogP contribution in [0.3, 0.4) is 0 Å². The molecule has 0 radical (unpaired) electrons. The average Bonchev–Trinajstić information content (AvgIpc) is 1.88. The van der Waals surface area contributed by atoms with Crippen molar-refractivity contribution in [1.82, 2.24) is 0 Å². The molecule has 0 aromatic heterocycles. The van der Waals surface area contributed by atoms with Crippen molar-refractivity contribution in [3.8, 4) is 0 Å². The molecule has 0 atom stereocenters. The summed E-state index contributed by atoms with van der Waals surface area (Å²) in [5.41, 5.74) is 0. The van der Waals surface area contributed by atoms with Gasteiger partial charge in [-0.25, -0.2) is 0 Å². The van der Waals surface area contributed by atoms with Crippen LogP contribution >= 0.6 is 47.8 Å². The molecule has 0 unspecified atom stereocenters. The van der Waals surface area contributed by atoms with Gasteiger partial charge in [-0.2, -0.15) is 0 Å². The highest BCUT2D eigenvalue weighted by Crippen LogP contribution is 2.23. The molecule has 0 aliphatic carbocycles. The first-order valence-corrected chi connectivity index (χ1v) is 10.3. The number of halogens is 3. The summed E-state index contributed by atoms with van der Waals surface area (Å²) in [6.07, 6.45) is 0. The van der Waals surface area contributed by atoms with Crippen molar-refractivity contribution in [1.29, 1.82) is 0 Å². The highest BCUT2D eigenvalue weighted by Gasteiger charge is 2.24. The molecule has 0 heterocycles. The molecule has 0 spiro atoms. The number of rotatable bonds is 6. The molecule has 0 fully saturated rings. The van der Waals surface area contributed by atoms with Gasteiger partial charge in [-0.05, 0) is 18.1 Å². The second-order valence-electron chi connectivity index (χ2n) is 3.13. The van der Waals surface area contributed by atoms with Gasteiger partial charge in [0.1, 0.15) is 0 Å². The fourth-order valence-corrected chi connectivity index (χ4v) is 11.8. The van der Waals surface area contributed by atoms with Crippen LogP contribution < -0.4 is 0 Å². The zero-order valence-corrected chi connectivity index (χ0v) is 12.6. The third-order valence-corrected chi connectivity index (χ3v) is 9.85. The summed E-state index contributed by atoms with van der Waals surface area (Å²) in [5.74, 6) is 0. The molecule has 0 bridgehead atoms. The van der Waals surface area contributed by atoms with E-state index in [0.717, 1.165) is 0 Å².